The first-order valence-electron chi connectivity index (χ1n) is 9.07. The number of likely N-dealkylation sites (N-methyl/N-ethyl adjacent to an activating group) is 1. The van der Waals surface area contributed by atoms with Gasteiger partial charge in [0.1, 0.15) is 0 Å². The van der Waals surface area contributed by atoms with Crippen LogP contribution >= 0.6 is 0 Å². The van der Waals surface area contributed by atoms with E-state index >= 15 is 0 Å². The van der Waals surface area contributed by atoms with Gasteiger partial charge >= 0.3 is 0 Å². The Labute approximate surface area is 125 Å². The van der Waals surface area contributed by atoms with E-state index in [2.05, 4.69) is 21.6 Å². The van der Waals surface area contributed by atoms with E-state index in [4.69, 9.17) is 0 Å². The van der Waals surface area contributed by atoms with E-state index in [-0.39, 0.29) is 0 Å². The first kappa shape index (κ1) is 14.8. The molecule has 0 radical (unpaired) electrons. The molecule has 0 unspecified atom stereocenters. The predicted molar refractivity (Wildman–Crippen MR) is 85.2 cm³/mol. The Kier molecular flexibility index (Phi) is 5.36. The first-order chi connectivity index (χ1) is 9.86. The highest BCUT2D eigenvalue weighted by Crippen LogP contribution is 2.24. The van der Waals surface area contributed by atoms with Gasteiger partial charge in [0.15, 0.2) is 0 Å². The monoisotopic (exact) mass is 279 g/mol. The lowest BCUT2D eigenvalue weighted by molar-refractivity contribution is 0.0444. The van der Waals surface area contributed by atoms with Gasteiger partial charge in [-0.2, -0.15) is 0 Å². The molecule has 0 aromatic carbocycles. The van der Waals surface area contributed by atoms with Gasteiger partial charge in [0.25, 0.3) is 0 Å². The molecular weight excluding hydrogens is 246 g/mol. The van der Waals surface area contributed by atoms with E-state index in [1.54, 1.807) is 0 Å². The molecule has 0 spiro atoms. The highest BCUT2D eigenvalue weighted by Gasteiger charge is 2.30. The van der Waals surface area contributed by atoms with Crippen LogP contribution in [0.5, 0.6) is 0 Å². The summed E-state index contributed by atoms with van der Waals surface area (Å²) in [5.74, 6) is 0. The summed E-state index contributed by atoms with van der Waals surface area (Å²) in [6.45, 7) is 11.6. The fourth-order valence-corrected chi connectivity index (χ4v) is 4.52. The number of piperidine rings is 3. The second-order valence-corrected chi connectivity index (χ2v) is 7.05. The van der Waals surface area contributed by atoms with E-state index in [9.17, 15) is 0 Å². The number of hydrogen-bond acceptors (Lipinski definition) is 3. The van der Waals surface area contributed by atoms with Crippen LogP contribution in [0, 0.1) is 0 Å². The molecule has 3 saturated heterocycles. The second kappa shape index (κ2) is 7.24. The van der Waals surface area contributed by atoms with Crippen molar-refractivity contribution in [3.05, 3.63) is 0 Å². The minimum Gasteiger partial charge on any atom is -0.302 e. The molecule has 3 aliphatic heterocycles. The Bertz CT molecular complexity index is 280. The summed E-state index contributed by atoms with van der Waals surface area (Å²) >= 11 is 0. The molecule has 3 fully saturated rings. The van der Waals surface area contributed by atoms with Crippen molar-refractivity contribution in [2.45, 2.75) is 64.0 Å². The SMILES string of the molecule is CCN1CCC[C@H](N2CCC(N3CCCCC3)CC2)C1. The van der Waals surface area contributed by atoms with Gasteiger partial charge in [0.2, 0.25) is 0 Å². The van der Waals surface area contributed by atoms with Crippen molar-refractivity contribution >= 4 is 0 Å². The molecule has 3 heterocycles. The fraction of sp³-hybridized carbons (Fsp3) is 1.00. The quantitative estimate of drug-likeness (QED) is 0.785. The lowest BCUT2D eigenvalue weighted by atomic mass is 9.96. The highest BCUT2D eigenvalue weighted by atomic mass is 15.3. The summed E-state index contributed by atoms with van der Waals surface area (Å²) < 4.78 is 0. The maximum atomic E-state index is 2.81. The zero-order valence-corrected chi connectivity index (χ0v) is 13.4. The number of nitrogens with zero attached hydrogens (tertiary/aromatic N) is 3. The summed E-state index contributed by atoms with van der Waals surface area (Å²) in [6.07, 6.45) is 10.0. The molecule has 0 aliphatic carbocycles. The van der Waals surface area contributed by atoms with Crippen molar-refractivity contribution in [2.75, 3.05) is 45.8 Å². The van der Waals surface area contributed by atoms with Crippen molar-refractivity contribution in [2.24, 2.45) is 0 Å². The largest absolute Gasteiger partial charge is 0.302 e. The number of likely N-dealkylation sites (tertiary alicyclic amines) is 3. The summed E-state index contributed by atoms with van der Waals surface area (Å²) in [5, 5.41) is 0. The van der Waals surface area contributed by atoms with E-state index in [1.807, 2.05) is 0 Å². The van der Waals surface area contributed by atoms with Gasteiger partial charge in [-0.15, -0.1) is 0 Å². The van der Waals surface area contributed by atoms with Gasteiger partial charge in [-0.1, -0.05) is 13.3 Å². The third kappa shape index (κ3) is 3.55. The predicted octanol–water partition coefficient (Wildman–Crippen LogP) is 2.42. The van der Waals surface area contributed by atoms with Crippen molar-refractivity contribution < 1.29 is 0 Å². The molecule has 0 N–H and O–H groups in total. The van der Waals surface area contributed by atoms with E-state index in [0.717, 1.165) is 12.1 Å². The molecular formula is C17H33N3. The van der Waals surface area contributed by atoms with Gasteiger partial charge in [0, 0.05) is 18.6 Å². The number of rotatable bonds is 3. The van der Waals surface area contributed by atoms with Gasteiger partial charge in [-0.3, -0.25) is 4.90 Å². The van der Waals surface area contributed by atoms with Crippen molar-refractivity contribution in [3.63, 3.8) is 0 Å². The van der Waals surface area contributed by atoms with E-state index < -0.39 is 0 Å². The molecule has 0 bridgehead atoms. The van der Waals surface area contributed by atoms with Gasteiger partial charge in [-0.05, 0) is 77.8 Å². The summed E-state index contributed by atoms with van der Waals surface area (Å²) in [7, 11) is 0. The van der Waals surface area contributed by atoms with Crippen LogP contribution in [0.1, 0.15) is 51.9 Å². The standard InChI is InChI=1S/C17H33N3/c1-2-18-10-6-7-17(15-18)20-13-8-16(9-14-20)19-11-4-3-5-12-19/h16-17H,2-15H2,1H3/t17-/m0/s1. The zero-order chi connectivity index (χ0) is 13.8. The average molecular weight is 279 g/mol. The molecule has 3 rings (SSSR count). The van der Waals surface area contributed by atoms with Crippen LogP contribution in [-0.2, 0) is 0 Å². The Morgan fingerprint density at radius 1 is 0.700 bits per heavy atom. The second-order valence-electron chi connectivity index (χ2n) is 7.05. The lowest BCUT2D eigenvalue weighted by Gasteiger charge is -2.45. The minimum absolute atomic E-state index is 0.853. The smallest absolute Gasteiger partial charge is 0.0223 e. The molecule has 0 aromatic heterocycles. The highest BCUT2D eigenvalue weighted by molar-refractivity contribution is 4.87. The van der Waals surface area contributed by atoms with Crippen LogP contribution < -0.4 is 0 Å². The zero-order valence-electron chi connectivity index (χ0n) is 13.4. The summed E-state index contributed by atoms with van der Waals surface area (Å²) in [4.78, 5) is 8.24. The van der Waals surface area contributed by atoms with Crippen LogP contribution in [-0.4, -0.2) is 72.6 Å². The van der Waals surface area contributed by atoms with Crippen LogP contribution in [0.15, 0.2) is 0 Å². The molecule has 0 saturated carbocycles. The van der Waals surface area contributed by atoms with Crippen LogP contribution in [0.2, 0.25) is 0 Å². The molecule has 20 heavy (non-hydrogen) atoms. The third-order valence-electron chi connectivity index (χ3n) is 5.85. The van der Waals surface area contributed by atoms with E-state index in [0.29, 0.717) is 0 Å². The molecule has 116 valence electrons. The van der Waals surface area contributed by atoms with Crippen LogP contribution in [0.4, 0.5) is 0 Å². The van der Waals surface area contributed by atoms with Crippen molar-refractivity contribution in [1.29, 1.82) is 0 Å². The molecule has 0 amide bonds. The van der Waals surface area contributed by atoms with Gasteiger partial charge in [0.05, 0.1) is 0 Å². The fourth-order valence-electron chi connectivity index (χ4n) is 4.52. The maximum absolute atomic E-state index is 2.81. The third-order valence-corrected chi connectivity index (χ3v) is 5.85. The first-order valence-corrected chi connectivity index (χ1v) is 9.07. The Morgan fingerprint density at radius 2 is 1.40 bits per heavy atom. The summed E-state index contributed by atoms with van der Waals surface area (Å²) in [5.41, 5.74) is 0. The average Bonchev–Trinajstić information content (AvgIpc) is 2.56. The lowest BCUT2D eigenvalue weighted by Crippen LogP contribution is -2.53. The Morgan fingerprint density at radius 3 is 2.10 bits per heavy atom. The maximum Gasteiger partial charge on any atom is 0.0223 e. The molecule has 3 aliphatic rings. The molecule has 3 nitrogen and oxygen atoms in total. The minimum atomic E-state index is 0.853. The van der Waals surface area contributed by atoms with Crippen molar-refractivity contribution in [1.82, 2.24) is 14.7 Å². The van der Waals surface area contributed by atoms with E-state index in [1.165, 1.54) is 90.8 Å². The normalized spacial score (nSPS) is 32.5. The topological polar surface area (TPSA) is 9.72 Å². The van der Waals surface area contributed by atoms with Crippen molar-refractivity contribution in [3.8, 4) is 0 Å². The van der Waals surface area contributed by atoms with Gasteiger partial charge < -0.3 is 9.80 Å². The number of hydrogen-bond donors (Lipinski definition) is 0. The van der Waals surface area contributed by atoms with Crippen LogP contribution in [0.3, 0.4) is 0 Å². The molecule has 1 atom stereocenters. The molecule has 3 heteroatoms. The Hall–Kier alpha value is -0.120. The Balaban J connectivity index is 1.45. The molecule has 0 aromatic rings. The summed E-state index contributed by atoms with van der Waals surface area (Å²) in [6, 6.07) is 1.75. The van der Waals surface area contributed by atoms with Crippen LogP contribution in [0.25, 0.3) is 0 Å². The van der Waals surface area contributed by atoms with Gasteiger partial charge in [-0.25, -0.2) is 0 Å².